The first-order valence-electron chi connectivity index (χ1n) is 17.4. The van der Waals surface area contributed by atoms with E-state index in [1.165, 1.54) is 70.3 Å². The zero-order valence-corrected chi connectivity index (χ0v) is 28.6. The smallest absolute Gasteiger partial charge is 0.0541 e. The van der Waals surface area contributed by atoms with Gasteiger partial charge in [-0.3, -0.25) is 0 Å². The normalized spacial score (nSPS) is 11.8. The van der Waals surface area contributed by atoms with Crippen LogP contribution in [0.1, 0.15) is 0 Å². The molecule has 0 saturated carbocycles. The van der Waals surface area contributed by atoms with Crippen molar-refractivity contribution >= 4 is 78.2 Å². The Morgan fingerprint density at radius 3 is 1.51 bits per heavy atom. The third kappa shape index (κ3) is 4.97. The summed E-state index contributed by atoms with van der Waals surface area (Å²) in [5.41, 5.74) is 9.46. The van der Waals surface area contributed by atoms with Crippen LogP contribution in [0.4, 0.5) is 34.1 Å². The Morgan fingerprint density at radius 1 is 0.314 bits per heavy atom. The Bertz CT molecular complexity index is 2730. The first kappa shape index (κ1) is 29.6. The predicted octanol–water partition coefficient (Wildman–Crippen LogP) is 14.2. The fraction of sp³-hybridized carbons (Fsp3) is 0. The molecule has 0 amide bonds. The zero-order valence-electron chi connectivity index (χ0n) is 27.8. The number of benzene rings is 9. The van der Waals surface area contributed by atoms with Crippen LogP contribution in [0.2, 0.25) is 0 Å². The molecule has 9 aromatic rings. The molecule has 51 heavy (non-hydrogen) atoms. The van der Waals surface area contributed by atoms with Gasteiger partial charge in [0, 0.05) is 48.4 Å². The van der Waals surface area contributed by atoms with Crippen molar-refractivity contribution < 1.29 is 0 Å². The minimum Gasteiger partial charge on any atom is -0.310 e. The lowest BCUT2D eigenvalue weighted by Gasteiger charge is -2.31. The van der Waals surface area contributed by atoms with Gasteiger partial charge in [-0.1, -0.05) is 145 Å². The van der Waals surface area contributed by atoms with Gasteiger partial charge in [0.1, 0.15) is 0 Å². The highest BCUT2D eigenvalue weighted by molar-refractivity contribution is 7.99. The van der Waals surface area contributed by atoms with Crippen molar-refractivity contribution in [2.45, 2.75) is 9.79 Å². The number of fused-ring (bicyclic) bond motifs is 4. The summed E-state index contributed by atoms with van der Waals surface area (Å²) >= 11 is 1.87. The lowest BCUT2D eigenvalue weighted by Crippen LogP contribution is -2.12. The number of rotatable bonds is 6. The summed E-state index contributed by atoms with van der Waals surface area (Å²) < 4.78 is 0. The van der Waals surface area contributed by atoms with E-state index in [2.05, 4.69) is 204 Å². The van der Waals surface area contributed by atoms with Crippen LogP contribution in [-0.2, 0) is 0 Å². The van der Waals surface area contributed by atoms with E-state index in [1.54, 1.807) is 0 Å². The second kappa shape index (κ2) is 12.2. The topological polar surface area (TPSA) is 6.48 Å². The van der Waals surface area contributed by atoms with E-state index in [0.717, 1.165) is 17.1 Å². The van der Waals surface area contributed by atoms with Crippen LogP contribution in [0.15, 0.2) is 204 Å². The molecule has 1 aliphatic rings. The molecule has 0 radical (unpaired) electrons. The SMILES string of the molecule is c1ccc(N(c2ccc3c(c2)Sc2cccc4c(N(c5ccccc5)c5cccc6ccccc56)ccc-3c24)c2cccc3ccccc23)cc1. The maximum absolute atomic E-state index is 2.43. The summed E-state index contributed by atoms with van der Waals surface area (Å²) in [6.07, 6.45) is 0. The maximum atomic E-state index is 2.43. The third-order valence-electron chi connectivity index (χ3n) is 10.00. The van der Waals surface area contributed by atoms with Crippen molar-refractivity contribution in [3.05, 3.63) is 194 Å². The van der Waals surface area contributed by atoms with Gasteiger partial charge in [-0.2, -0.15) is 0 Å². The van der Waals surface area contributed by atoms with Crippen LogP contribution in [0.25, 0.3) is 43.4 Å². The van der Waals surface area contributed by atoms with E-state index in [1.807, 2.05) is 11.8 Å². The summed E-state index contributed by atoms with van der Waals surface area (Å²) in [4.78, 5) is 7.35. The van der Waals surface area contributed by atoms with Gasteiger partial charge in [-0.15, -0.1) is 0 Å². The fourth-order valence-electron chi connectivity index (χ4n) is 7.73. The van der Waals surface area contributed by atoms with Crippen molar-refractivity contribution in [3.63, 3.8) is 0 Å². The summed E-state index contributed by atoms with van der Waals surface area (Å²) in [5.74, 6) is 0. The molecule has 1 heterocycles. The van der Waals surface area contributed by atoms with Crippen molar-refractivity contribution in [2.24, 2.45) is 0 Å². The van der Waals surface area contributed by atoms with Gasteiger partial charge in [0.15, 0.2) is 0 Å². The van der Waals surface area contributed by atoms with E-state index in [0.29, 0.717) is 0 Å². The summed E-state index contributed by atoms with van der Waals surface area (Å²) in [7, 11) is 0. The quantitative estimate of drug-likeness (QED) is 0.174. The Hall–Kier alpha value is -6.29. The number of nitrogens with zero attached hydrogens (tertiary/aromatic N) is 2. The molecule has 3 heteroatoms. The fourth-order valence-corrected chi connectivity index (χ4v) is 8.91. The number of anilines is 6. The molecule has 240 valence electrons. The molecule has 0 saturated heterocycles. The monoisotopic (exact) mass is 668 g/mol. The van der Waals surface area contributed by atoms with Crippen LogP contribution in [0.5, 0.6) is 0 Å². The highest BCUT2D eigenvalue weighted by Gasteiger charge is 2.25. The van der Waals surface area contributed by atoms with E-state index >= 15 is 0 Å². The van der Waals surface area contributed by atoms with Crippen molar-refractivity contribution in [1.82, 2.24) is 0 Å². The van der Waals surface area contributed by atoms with Crippen LogP contribution < -0.4 is 9.80 Å². The molecule has 0 atom stereocenters. The van der Waals surface area contributed by atoms with Gasteiger partial charge in [0.2, 0.25) is 0 Å². The minimum absolute atomic E-state index is 1.14. The zero-order chi connectivity index (χ0) is 33.7. The summed E-state index contributed by atoms with van der Waals surface area (Å²) in [5, 5.41) is 7.46. The Kier molecular flexibility index (Phi) is 7.11. The van der Waals surface area contributed by atoms with Gasteiger partial charge >= 0.3 is 0 Å². The van der Waals surface area contributed by atoms with Crippen LogP contribution >= 0.6 is 11.8 Å². The third-order valence-corrected chi connectivity index (χ3v) is 11.1. The molecular weight excluding hydrogens is 637 g/mol. The molecular formula is C48H32N2S. The molecule has 0 aliphatic carbocycles. The number of hydrogen-bond acceptors (Lipinski definition) is 3. The average molecular weight is 669 g/mol. The van der Waals surface area contributed by atoms with Crippen LogP contribution in [-0.4, -0.2) is 0 Å². The largest absolute Gasteiger partial charge is 0.310 e. The lowest BCUT2D eigenvalue weighted by molar-refractivity contribution is 1.27. The molecule has 2 nitrogen and oxygen atoms in total. The first-order valence-corrected chi connectivity index (χ1v) is 18.2. The van der Waals surface area contributed by atoms with Crippen molar-refractivity contribution in [2.75, 3.05) is 9.80 Å². The molecule has 10 rings (SSSR count). The van der Waals surface area contributed by atoms with E-state index in [4.69, 9.17) is 0 Å². The summed E-state index contributed by atoms with van der Waals surface area (Å²) in [6, 6.07) is 70.4. The van der Waals surface area contributed by atoms with Gasteiger partial charge in [0.05, 0.1) is 17.1 Å². The van der Waals surface area contributed by atoms with Crippen LogP contribution in [0.3, 0.4) is 0 Å². The highest BCUT2D eigenvalue weighted by Crippen LogP contribution is 2.53. The number of hydrogen-bond donors (Lipinski definition) is 0. The minimum atomic E-state index is 1.14. The van der Waals surface area contributed by atoms with Gasteiger partial charge < -0.3 is 9.80 Å². The molecule has 0 spiro atoms. The molecule has 0 bridgehead atoms. The number of para-hydroxylation sites is 2. The second-order valence-corrected chi connectivity index (χ2v) is 14.0. The van der Waals surface area contributed by atoms with Gasteiger partial charge in [0.25, 0.3) is 0 Å². The maximum Gasteiger partial charge on any atom is 0.0541 e. The lowest BCUT2D eigenvalue weighted by atomic mass is 9.95. The molecule has 0 N–H and O–H groups in total. The van der Waals surface area contributed by atoms with E-state index < -0.39 is 0 Å². The summed E-state index contributed by atoms with van der Waals surface area (Å²) in [6.45, 7) is 0. The van der Waals surface area contributed by atoms with Gasteiger partial charge in [-0.05, 0) is 82.6 Å². The Morgan fingerprint density at radius 2 is 0.824 bits per heavy atom. The average Bonchev–Trinajstić information content (AvgIpc) is 3.20. The first-order chi connectivity index (χ1) is 25.3. The van der Waals surface area contributed by atoms with Crippen molar-refractivity contribution in [1.29, 1.82) is 0 Å². The highest BCUT2D eigenvalue weighted by atomic mass is 32.2. The van der Waals surface area contributed by atoms with Gasteiger partial charge in [-0.25, -0.2) is 0 Å². The molecule has 1 aliphatic heterocycles. The molecule has 9 aromatic carbocycles. The van der Waals surface area contributed by atoms with E-state index in [9.17, 15) is 0 Å². The Labute approximate surface area is 301 Å². The molecule has 0 unspecified atom stereocenters. The second-order valence-electron chi connectivity index (χ2n) is 12.9. The van der Waals surface area contributed by atoms with E-state index in [-0.39, 0.29) is 0 Å². The predicted molar refractivity (Wildman–Crippen MR) is 218 cm³/mol. The Balaban J connectivity index is 1.15. The van der Waals surface area contributed by atoms with Crippen LogP contribution in [0, 0.1) is 0 Å². The standard InChI is InChI=1S/C48H32N2S/c1-3-18-35(19-4-1)49(43-25-11-16-33-14-7-9-22-38(33)43)37-28-29-40-41-30-31-45(42-24-13-27-46(48(41)42)51-47(40)32-37)50(36-20-5-2-6-21-36)44-26-12-17-34-15-8-10-23-39(34)44/h1-32H. The molecule has 0 aromatic heterocycles. The molecule has 0 fully saturated rings. The van der Waals surface area contributed by atoms with Crippen molar-refractivity contribution in [3.8, 4) is 11.1 Å².